The second kappa shape index (κ2) is 8.07. The number of hydrogen-bond donors (Lipinski definition) is 2. The van der Waals surface area contributed by atoms with E-state index in [-0.39, 0.29) is 11.9 Å². The van der Waals surface area contributed by atoms with Crippen LogP contribution < -0.4 is 10.6 Å². The molecule has 1 amide bonds. The van der Waals surface area contributed by atoms with Crippen molar-refractivity contribution < 1.29 is 4.79 Å². The highest BCUT2D eigenvalue weighted by Crippen LogP contribution is 2.31. The molecule has 3 rings (SSSR count). The molecule has 1 atom stereocenters. The number of aromatic nitrogens is 3. The van der Waals surface area contributed by atoms with Crippen LogP contribution in [0, 0.1) is 0 Å². The highest BCUT2D eigenvalue weighted by molar-refractivity contribution is 5.78. The molecule has 1 aromatic heterocycles. The van der Waals surface area contributed by atoms with E-state index in [0.717, 1.165) is 31.8 Å². The quantitative estimate of drug-likeness (QED) is 0.819. The molecule has 7 heteroatoms. The molecule has 2 fully saturated rings. The van der Waals surface area contributed by atoms with Crippen molar-refractivity contribution in [3.63, 3.8) is 0 Å². The molecule has 1 aromatic rings. The monoisotopic (exact) mass is 334 g/mol. The molecule has 0 unspecified atom stereocenters. The number of likely N-dealkylation sites (N-methyl/N-ethyl adjacent to an activating group) is 1. The van der Waals surface area contributed by atoms with Crippen molar-refractivity contribution >= 4 is 5.91 Å². The molecule has 24 heavy (non-hydrogen) atoms. The van der Waals surface area contributed by atoms with Gasteiger partial charge in [0.2, 0.25) is 5.91 Å². The minimum Gasteiger partial charge on any atom is -0.345 e. The summed E-state index contributed by atoms with van der Waals surface area (Å²) < 4.78 is 2.16. The number of nitrogens with one attached hydrogen (secondary N) is 2. The fourth-order valence-electron chi connectivity index (χ4n) is 3.98. The Kier molecular flexibility index (Phi) is 5.84. The molecule has 2 heterocycles. The molecule has 7 nitrogen and oxygen atoms in total. The summed E-state index contributed by atoms with van der Waals surface area (Å²) >= 11 is 0. The lowest BCUT2D eigenvalue weighted by Crippen LogP contribution is -2.45. The first-order chi connectivity index (χ1) is 11.6. The van der Waals surface area contributed by atoms with E-state index < -0.39 is 0 Å². The van der Waals surface area contributed by atoms with Gasteiger partial charge in [0, 0.05) is 12.1 Å². The van der Waals surface area contributed by atoms with Crippen LogP contribution in [-0.4, -0.2) is 58.3 Å². The van der Waals surface area contributed by atoms with Gasteiger partial charge in [-0.25, -0.2) is 0 Å². The Morgan fingerprint density at radius 1 is 1.38 bits per heavy atom. The van der Waals surface area contributed by atoms with Gasteiger partial charge >= 0.3 is 0 Å². The van der Waals surface area contributed by atoms with Crippen molar-refractivity contribution in [2.24, 2.45) is 0 Å². The highest BCUT2D eigenvalue weighted by Gasteiger charge is 2.24. The standard InChI is InChI=1S/C17H30N6O/c1-13(17-21-19-12-23(17)15-5-3-4-6-15)20-16(24)11-22(2)14-7-9-18-10-8-14/h12-15,18H,3-11H2,1-2H3,(H,20,24)/t13-/m0/s1. The molecule has 0 bridgehead atoms. The van der Waals surface area contributed by atoms with E-state index in [1.54, 1.807) is 0 Å². The van der Waals surface area contributed by atoms with Crippen LogP contribution in [-0.2, 0) is 4.79 Å². The largest absolute Gasteiger partial charge is 0.345 e. The zero-order valence-electron chi connectivity index (χ0n) is 14.9. The number of piperidine rings is 1. The second-order valence-electron chi connectivity index (χ2n) is 7.22. The van der Waals surface area contributed by atoms with Gasteiger partial charge in [-0.15, -0.1) is 10.2 Å². The maximum atomic E-state index is 12.4. The van der Waals surface area contributed by atoms with Crippen molar-refractivity contribution in [2.45, 2.75) is 63.6 Å². The molecule has 1 saturated carbocycles. The molecule has 1 saturated heterocycles. The Bertz CT molecular complexity index is 533. The highest BCUT2D eigenvalue weighted by atomic mass is 16.2. The Morgan fingerprint density at radius 2 is 2.08 bits per heavy atom. The Balaban J connectivity index is 1.53. The summed E-state index contributed by atoms with van der Waals surface area (Å²) in [6, 6.07) is 0.878. The average Bonchev–Trinajstić information content (AvgIpc) is 3.26. The first kappa shape index (κ1) is 17.4. The number of amides is 1. The number of carbonyl (C=O) groups is 1. The smallest absolute Gasteiger partial charge is 0.234 e. The number of nitrogens with zero attached hydrogens (tertiary/aromatic N) is 4. The molecule has 134 valence electrons. The van der Waals surface area contributed by atoms with Crippen LogP contribution in [0.5, 0.6) is 0 Å². The van der Waals surface area contributed by atoms with Gasteiger partial charge in [0.25, 0.3) is 0 Å². The van der Waals surface area contributed by atoms with Crippen molar-refractivity contribution in [3.05, 3.63) is 12.2 Å². The molecular weight excluding hydrogens is 304 g/mol. The predicted octanol–water partition coefficient (Wildman–Crippen LogP) is 1.25. The summed E-state index contributed by atoms with van der Waals surface area (Å²) in [6.07, 6.45) is 8.93. The zero-order valence-corrected chi connectivity index (χ0v) is 14.9. The van der Waals surface area contributed by atoms with E-state index in [4.69, 9.17) is 0 Å². The molecule has 2 N–H and O–H groups in total. The van der Waals surface area contributed by atoms with Crippen LogP contribution in [0.2, 0.25) is 0 Å². The number of carbonyl (C=O) groups excluding carboxylic acids is 1. The third-order valence-electron chi connectivity index (χ3n) is 5.41. The Labute approximate surface area is 144 Å². The second-order valence-corrected chi connectivity index (χ2v) is 7.22. The maximum Gasteiger partial charge on any atom is 0.234 e. The van der Waals surface area contributed by atoms with Gasteiger partial charge in [-0.3, -0.25) is 9.69 Å². The normalized spacial score (nSPS) is 21.3. The third-order valence-corrected chi connectivity index (χ3v) is 5.41. The van der Waals surface area contributed by atoms with E-state index >= 15 is 0 Å². The molecule has 2 aliphatic rings. The van der Waals surface area contributed by atoms with Crippen LogP contribution in [0.1, 0.15) is 63.4 Å². The molecular formula is C17H30N6O. The Morgan fingerprint density at radius 3 is 2.79 bits per heavy atom. The van der Waals surface area contributed by atoms with E-state index in [2.05, 4.69) is 30.3 Å². The number of rotatable bonds is 6. The number of hydrogen-bond acceptors (Lipinski definition) is 5. The molecule has 1 aliphatic carbocycles. The van der Waals surface area contributed by atoms with Crippen molar-refractivity contribution in [2.75, 3.05) is 26.7 Å². The van der Waals surface area contributed by atoms with E-state index in [0.29, 0.717) is 18.6 Å². The topological polar surface area (TPSA) is 75.1 Å². The van der Waals surface area contributed by atoms with Crippen molar-refractivity contribution in [1.29, 1.82) is 0 Å². The molecule has 0 spiro atoms. The van der Waals surface area contributed by atoms with Gasteiger partial charge in [-0.05, 0) is 52.7 Å². The van der Waals surface area contributed by atoms with Crippen LogP contribution in [0.15, 0.2) is 6.33 Å². The fraction of sp³-hybridized carbons (Fsp3) is 0.824. The molecule has 1 aliphatic heterocycles. The summed E-state index contributed by atoms with van der Waals surface area (Å²) in [5.41, 5.74) is 0. The summed E-state index contributed by atoms with van der Waals surface area (Å²) in [6.45, 7) is 4.51. The lowest BCUT2D eigenvalue weighted by Gasteiger charge is -2.31. The van der Waals surface area contributed by atoms with Crippen LogP contribution in [0.25, 0.3) is 0 Å². The van der Waals surface area contributed by atoms with Crippen LogP contribution in [0.3, 0.4) is 0 Å². The molecule has 0 radical (unpaired) electrons. The third kappa shape index (κ3) is 4.13. The van der Waals surface area contributed by atoms with Crippen molar-refractivity contribution in [3.8, 4) is 0 Å². The molecule has 0 aromatic carbocycles. The first-order valence-corrected chi connectivity index (χ1v) is 9.25. The maximum absolute atomic E-state index is 12.4. The summed E-state index contributed by atoms with van der Waals surface area (Å²) in [5.74, 6) is 0.935. The van der Waals surface area contributed by atoms with Crippen LogP contribution in [0.4, 0.5) is 0 Å². The van der Waals surface area contributed by atoms with Crippen molar-refractivity contribution in [1.82, 2.24) is 30.3 Å². The van der Waals surface area contributed by atoms with Gasteiger partial charge in [-0.1, -0.05) is 12.8 Å². The predicted molar refractivity (Wildman–Crippen MR) is 92.6 cm³/mol. The van der Waals surface area contributed by atoms with E-state index in [9.17, 15) is 4.79 Å². The first-order valence-electron chi connectivity index (χ1n) is 9.25. The lowest BCUT2D eigenvalue weighted by atomic mass is 10.1. The fourth-order valence-corrected chi connectivity index (χ4v) is 3.98. The summed E-state index contributed by atoms with van der Waals surface area (Å²) in [5, 5.41) is 14.8. The minimum atomic E-state index is -0.109. The average molecular weight is 334 g/mol. The lowest BCUT2D eigenvalue weighted by molar-refractivity contribution is -0.123. The summed E-state index contributed by atoms with van der Waals surface area (Å²) in [4.78, 5) is 14.6. The summed E-state index contributed by atoms with van der Waals surface area (Å²) in [7, 11) is 2.04. The van der Waals surface area contributed by atoms with E-state index in [1.165, 1.54) is 25.7 Å². The van der Waals surface area contributed by atoms with Gasteiger partial charge in [0.05, 0.1) is 12.6 Å². The zero-order chi connectivity index (χ0) is 16.9. The van der Waals surface area contributed by atoms with Gasteiger partial charge < -0.3 is 15.2 Å². The minimum absolute atomic E-state index is 0.0597. The van der Waals surface area contributed by atoms with E-state index in [1.807, 2.05) is 20.3 Å². The SMILES string of the molecule is C[C@H](NC(=O)CN(C)C1CCNCC1)c1nncn1C1CCCC1. The van der Waals surface area contributed by atoms with Gasteiger partial charge in [0.15, 0.2) is 5.82 Å². The van der Waals surface area contributed by atoms with Gasteiger partial charge in [0.1, 0.15) is 6.33 Å². The Hall–Kier alpha value is -1.47. The van der Waals surface area contributed by atoms with Crippen LogP contribution >= 0.6 is 0 Å². The van der Waals surface area contributed by atoms with Gasteiger partial charge in [-0.2, -0.15) is 0 Å².